The minimum absolute atomic E-state index is 0.127. The number of amides is 1. The van der Waals surface area contributed by atoms with Gasteiger partial charge in [-0.25, -0.2) is 0 Å². The number of aromatic nitrogens is 3. The van der Waals surface area contributed by atoms with Gasteiger partial charge in [0, 0.05) is 35.4 Å². The summed E-state index contributed by atoms with van der Waals surface area (Å²) in [7, 11) is 6.52. The van der Waals surface area contributed by atoms with Crippen LogP contribution < -0.4 is 19.9 Å². The van der Waals surface area contributed by atoms with Crippen molar-refractivity contribution in [1.29, 1.82) is 0 Å². The normalized spacial score (nSPS) is 11.1. The highest BCUT2D eigenvalue weighted by molar-refractivity contribution is 6.31. The molecule has 5 aromatic rings. The molecule has 2 aromatic heterocycles. The van der Waals surface area contributed by atoms with Crippen LogP contribution in [0.4, 0.5) is 5.69 Å². The number of fused-ring (bicyclic) bond motifs is 3. The number of para-hydroxylation sites is 1. The smallest absolute Gasteiger partial charge is 0.296 e. The number of halogens is 1. The number of aryl methyl sites for hydroxylation is 1. The molecule has 0 aliphatic rings. The molecule has 8 nitrogen and oxygen atoms in total. The molecule has 0 unspecified atom stereocenters. The Kier molecular flexibility index (Phi) is 5.89. The zero-order chi connectivity index (χ0) is 25.6. The number of methoxy groups -OCH3 is 2. The van der Waals surface area contributed by atoms with E-state index in [9.17, 15) is 9.59 Å². The topological polar surface area (TPSA) is 78.6 Å². The second kappa shape index (κ2) is 9.05. The summed E-state index contributed by atoms with van der Waals surface area (Å²) in [6.45, 7) is 0. The second-order valence-corrected chi connectivity index (χ2v) is 8.68. The van der Waals surface area contributed by atoms with Crippen LogP contribution in [-0.4, -0.2) is 41.5 Å². The van der Waals surface area contributed by atoms with Gasteiger partial charge >= 0.3 is 0 Å². The van der Waals surface area contributed by atoms with E-state index in [-0.39, 0.29) is 11.3 Å². The Balaban J connectivity index is 1.81. The maximum Gasteiger partial charge on any atom is 0.296 e. The average Bonchev–Trinajstić information content (AvgIpc) is 3.21. The van der Waals surface area contributed by atoms with Crippen molar-refractivity contribution >= 4 is 45.0 Å². The third-order valence-electron chi connectivity index (χ3n) is 6.27. The molecular weight excluding hydrogens is 480 g/mol. The lowest BCUT2D eigenvalue weighted by molar-refractivity contribution is 0.0988. The predicted octanol–water partition coefficient (Wildman–Crippen LogP) is 4.82. The first-order valence-electron chi connectivity index (χ1n) is 11.1. The lowest BCUT2D eigenvalue weighted by Gasteiger charge is -2.21. The van der Waals surface area contributed by atoms with E-state index in [0.717, 1.165) is 10.9 Å². The van der Waals surface area contributed by atoms with Crippen LogP contribution in [0.2, 0.25) is 5.02 Å². The molecule has 36 heavy (non-hydrogen) atoms. The van der Waals surface area contributed by atoms with Gasteiger partial charge in [0.25, 0.3) is 11.5 Å². The van der Waals surface area contributed by atoms with Gasteiger partial charge < -0.3 is 18.9 Å². The zero-order valence-electron chi connectivity index (χ0n) is 20.2. The van der Waals surface area contributed by atoms with Crippen LogP contribution in [0.15, 0.2) is 71.5 Å². The van der Waals surface area contributed by atoms with Gasteiger partial charge in [-0.3, -0.25) is 9.59 Å². The van der Waals surface area contributed by atoms with E-state index >= 15 is 0 Å². The Morgan fingerprint density at radius 3 is 2.42 bits per heavy atom. The number of rotatable bonds is 5. The van der Waals surface area contributed by atoms with E-state index < -0.39 is 5.91 Å². The Labute approximate surface area is 211 Å². The van der Waals surface area contributed by atoms with Crippen molar-refractivity contribution in [3.63, 3.8) is 0 Å². The van der Waals surface area contributed by atoms with Crippen LogP contribution in [-0.2, 0) is 7.05 Å². The first-order chi connectivity index (χ1) is 17.3. The van der Waals surface area contributed by atoms with Crippen LogP contribution in [0, 0.1) is 0 Å². The van der Waals surface area contributed by atoms with Crippen molar-refractivity contribution in [2.45, 2.75) is 0 Å². The number of hydrogen-bond donors (Lipinski definition) is 0. The van der Waals surface area contributed by atoms with Crippen molar-refractivity contribution in [1.82, 2.24) is 14.3 Å². The highest BCUT2D eigenvalue weighted by atomic mass is 35.5. The molecule has 1 amide bonds. The van der Waals surface area contributed by atoms with Gasteiger partial charge in [-0.05, 0) is 48.5 Å². The fourth-order valence-corrected chi connectivity index (χ4v) is 4.59. The molecule has 0 N–H and O–H groups in total. The van der Waals surface area contributed by atoms with Crippen LogP contribution in [0.5, 0.6) is 11.5 Å². The Morgan fingerprint density at radius 1 is 1.00 bits per heavy atom. The molecule has 0 aliphatic heterocycles. The lowest BCUT2D eigenvalue weighted by Crippen LogP contribution is -2.32. The van der Waals surface area contributed by atoms with E-state index in [1.165, 1.54) is 16.7 Å². The quantitative estimate of drug-likeness (QED) is 0.344. The summed E-state index contributed by atoms with van der Waals surface area (Å²) in [4.78, 5) is 29.2. The van der Waals surface area contributed by atoms with Crippen molar-refractivity contribution in [2.24, 2.45) is 7.05 Å². The van der Waals surface area contributed by atoms with Gasteiger partial charge in [-0.15, -0.1) is 0 Å². The van der Waals surface area contributed by atoms with E-state index in [0.29, 0.717) is 38.8 Å². The minimum atomic E-state index is -0.417. The van der Waals surface area contributed by atoms with Crippen molar-refractivity contribution in [3.05, 3.63) is 87.8 Å². The standard InChI is InChI=1S/C27H23ClN4O4/c1-30-20-8-6-5-7-19(20)23-24(26(33)31(2)21-15-16(28)9-14-22(21)36-4)29-32(27(34)25(23)30)17-10-12-18(35-3)13-11-17/h5-15H,1-4H3. The molecule has 0 atom stereocenters. The molecule has 0 radical (unpaired) electrons. The van der Waals surface area contributed by atoms with Gasteiger partial charge in [-0.1, -0.05) is 29.8 Å². The Bertz CT molecular complexity index is 1690. The minimum Gasteiger partial charge on any atom is -0.497 e. The molecular formula is C27H23ClN4O4. The maximum absolute atomic E-state index is 14.0. The van der Waals surface area contributed by atoms with Crippen LogP contribution in [0.25, 0.3) is 27.5 Å². The summed E-state index contributed by atoms with van der Waals surface area (Å²) in [5, 5.41) is 6.30. The number of ether oxygens (including phenoxy) is 2. The Hall–Kier alpha value is -4.30. The summed E-state index contributed by atoms with van der Waals surface area (Å²) in [6, 6.07) is 19.5. The van der Waals surface area contributed by atoms with Gasteiger partial charge in [0.15, 0.2) is 5.69 Å². The molecule has 9 heteroatoms. The van der Waals surface area contributed by atoms with E-state index in [2.05, 4.69) is 5.10 Å². The van der Waals surface area contributed by atoms with Crippen LogP contribution in [0.3, 0.4) is 0 Å². The van der Waals surface area contributed by atoms with Gasteiger partial charge in [0.05, 0.1) is 25.6 Å². The van der Waals surface area contributed by atoms with E-state index in [4.69, 9.17) is 21.1 Å². The SMILES string of the molecule is COc1ccc(-n2nc(C(=O)N(C)c3cc(Cl)ccc3OC)c3c4ccccc4n(C)c3c2=O)cc1. The molecule has 2 heterocycles. The average molecular weight is 503 g/mol. The fraction of sp³-hybridized carbons (Fsp3) is 0.148. The first kappa shape index (κ1) is 23.4. The number of benzene rings is 3. The second-order valence-electron chi connectivity index (χ2n) is 8.24. The number of nitrogens with zero attached hydrogens (tertiary/aromatic N) is 4. The summed E-state index contributed by atoms with van der Waals surface area (Å²) in [5.74, 6) is 0.702. The highest BCUT2D eigenvalue weighted by Crippen LogP contribution is 2.34. The molecule has 5 rings (SSSR count). The van der Waals surface area contributed by atoms with Crippen molar-refractivity contribution in [3.8, 4) is 17.2 Å². The monoisotopic (exact) mass is 502 g/mol. The lowest BCUT2D eigenvalue weighted by atomic mass is 10.1. The van der Waals surface area contributed by atoms with Crippen molar-refractivity contribution < 1.29 is 14.3 Å². The summed E-state index contributed by atoms with van der Waals surface area (Å²) >= 11 is 6.23. The maximum atomic E-state index is 14.0. The summed E-state index contributed by atoms with van der Waals surface area (Å²) in [5.41, 5.74) is 1.96. The summed E-state index contributed by atoms with van der Waals surface area (Å²) < 4.78 is 13.7. The van der Waals surface area contributed by atoms with Gasteiger partial charge in [0.1, 0.15) is 17.0 Å². The highest BCUT2D eigenvalue weighted by Gasteiger charge is 2.27. The molecule has 0 aliphatic carbocycles. The molecule has 0 spiro atoms. The third-order valence-corrected chi connectivity index (χ3v) is 6.50. The number of hydrogen-bond acceptors (Lipinski definition) is 5. The fourth-order valence-electron chi connectivity index (χ4n) is 4.42. The molecule has 0 saturated heterocycles. The van der Waals surface area contributed by atoms with Gasteiger partial charge in [-0.2, -0.15) is 9.78 Å². The molecule has 0 bridgehead atoms. The van der Waals surface area contributed by atoms with Gasteiger partial charge in [0.2, 0.25) is 0 Å². The van der Waals surface area contributed by atoms with Crippen LogP contribution >= 0.6 is 11.6 Å². The number of carbonyl (C=O) groups is 1. The first-order valence-corrected chi connectivity index (χ1v) is 11.5. The predicted molar refractivity (Wildman–Crippen MR) is 141 cm³/mol. The van der Waals surface area contributed by atoms with E-state index in [1.807, 2.05) is 31.3 Å². The molecule has 3 aromatic carbocycles. The molecule has 0 saturated carbocycles. The Morgan fingerprint density at radius 2 is 1.72 bits per heavy atom. The number of anilines is 1. The number of carbonyl (C=O) groups excluding carboxylic acids is 1. The van der Waals surface area contributed by atoms with Crippen LogP contribution in [0.1, 0.15) is 10.5 Å². The summed E-state index contributed by atoms with van der Waals surface area (Å²) in [6.07, 6.45) is 0. The largest absolute Gasteiger partial charge is 0.497 e. The molecule has 182 valence electrons. The third kappa shape index (κ3) is 3.67. The van der Waals surface area contributed by atoms with Crippen molar-refractivity contribution in [2.75, 3.05) is 26.2 Å². The molecule has 0 fully saturated rings. The zero-order valence-corrected chi connectivity index (χ0v) is 20.9. The van der Waals surface area contributed by atoms with E-state index in [1.54, 1.807) is 61.2 Å².